The first kappa shape index (κ1) is 19.7. The average molecular weight is 282 g/mol. The van der Waals surface area contributed by atoms with Crippen LogP contribution < -0.4 is 5.73 Å². The molecule has 0 bridgehead atoms. The van der Waals surface area contributed by atoms with E-state index in [0.717, 1.165) is 6.42 Å². The Kier molecular flexibility index (Phi) is 16.5. The van der Waals surface area contributed by atoms with Gasteiger partial charge in [0.2, 0.25) is 0 Å². The van der Waals surface area contributed by atoms with Crippen molar-refractivity contribution in [3.63, 3.8) is 0 Å². The third-order valence-corrected chi connectivity index (χ3v) is 4.16. The van der Waals surface area contributed by atoms with Crippen LogP contribution in [0, 0.1) is 0 Å². The molecule has 1 heteroatoms. The van der Waals surface area contributed by atoms with E-state index in [4.69, 9.17) is 5.73 Å². The first-order chi connectivity index (χ1) is 9.81. The van der Waals surface area contributed by atoms with Crippen LogP contribution in [0.5, 0.6) is 0 Å². The number of hydrogen-bond donors (Lipinski definition) is 1. The average Bonchev–Trinajstić information content (AvgIpc) is 2.45. The van der Waals surface area contributed by atoms with Crippen molar-refractivity contribution in [3.05, 3.63) is 12.7 Å². The molecule has 0 aliphatic heterocycles. The molecular formula is C19H39N. The summed E-state index contributed by atoms with van der Waals surface area (Å²) >= 11 is 0. The summed E-state index contributed by atoms with van der Waals surface area (Å²) in [6.45, 7) is 6.03. The van der Waals surface area contributed by atoms with Crippen LogP contribution in [-0.2, 0) is 0 Å². The topological polar surface area (TPSA) is 26.0 Å². The van der Waals surface area contributed by atoms with Crippen LogP contribution >= 0.6 is 0 Å². The Morgan fingerprint density at radius 3 is 1.70 bits per heavy atom. The van der Waals surface area contributed by atoms with E-state index >= 15 is 0 Å². The van der Waals surface area contributed by atoms with Crippen LogP contribution in [0.2, 0.25) is 0 Å². The van der Waals surface area contributed by atoms with Gasteiger partial charge >= 0.3 is 0 Å². The van der Waals surface area contributed by atoms with E-state index in [9.17, 15) is 0 Å². The number of rotatable bonds is 16. The Labute approximate surface area is 128 Å². The summed E-state index contributed by atoms with van der Waals surface area (Å²) < 4.78 is 0. The molecule has 1 atom stereocenters. The molecule has 1 unspecified atom stereocenters. The van der Waals surface area contributed by atoms with E-state index in [-0.39, 0.29) is 0 Å². The molecule has 120 valence electrons. The highest BCUT2D eigenvalue weighted by atomic mass is 14.6. The zero-order valence-corrected chi connectivity index (χ0v) is 14.0. The summed E-state index contributed by atoms with van der Waals surface area (Å²) in [6.07, 6.45) is 22.2. The Morgan fingerprint density at radius 1 is 0.750 bits per heavy atom. The Morgan fingerprint density at radius 2 is 1.20 bits per heavy atom. The predicted octanol–water partition coefficient (Wildman–Crippen LogP) is 6.37. The first-order valence-corrected chi connectivity index (χ1v) is 9.17. The number of nitrogens with two attached hydrogens (primary N) is 1. The minimum absolute atomic E-state index is 0.447. The largest absolute Gasteiger partial charge is 0.328 e. The molecule has 0 saturated heterocycles. The summed E-state index contributed by atoms with van der Waals surface area (Å²) in [6, 6.07) is 0.447. The van der Waals surface area contributed by atoms with Gasteiger partial charge in [-0.05, 0) is 25.7 Å². The normalized spacial score (nSPS) is 12.5. The molecule has 0 rings (SSSR count). The molecule has 0 saturated carbocycles. The minimum atomic E-state index is 0.447. The molecule has 20 heavy (non-hydrogen) atoms. The summed E-state index contributed by atoms with van der Waals surface area (Å²) in [5.74, 6) is 0. The molecule has 0 fully saturated rings. The molecule has 0 radical (unpaired) electrons. The summed E-state index contributed by atoms with van der Waals surface area (Å²) in [5.41, 5.74) is 6.16. The summed E-state index contributed by atoms with van der Waals surface area (Å²) in [4.78, 5) is 0. The van der Waals surface area contributed by atoms with E-state index < -0.39 is 0 Å². The van der Waals surface area contributed by atoms with Crippen molar-refractivity contribution >= 4 is 0 Å². The van der Waals surface area contributed by atoms with Crippen molar-refractivity contribution in [1.29, 1.82) is 0 Å². The predicted molar refractivity (Wildman–Crippen MR) is 93.1 cm³/mol. The lowest BCUT2D eigenvalue weighted by Gasteiger charge is -2.11. The standard InChI is InChI=1S/C19H39N/c1-3-5-7-9-10-11-12-14-16-18-19(20)17-15-13-8-6-4-2/h4,19H,2-3,5-18,20H2,1H3. The van der Waals surface area contributed by atoms with Gasteiger partial charge in [-0.25, -0.2) is 0 Å². The maximum Gasteiger partial charge on any atom is 0.00388 e. The van der Waals surface area contributed by atoms with Gasteiger partial charge in [0, 0.05) is 6.04 Å². The van der Waals surface area contributed by atoms with E-state index in [1.807, 2.05) is 6.08 Å². The fourth-order valence-corrected chi connectivity index (χ4v) is 2.73. The van der Waals surface area contributed by atoms with Gasteiger partial charge < -0.3 is 5.73 Å². The van der Waals surface area contributed by atoms with E-state index in [2.05, 4.69) is 13.5 Å². The SMILES string of the molecule is C=CCCCCCC(N)CCCCCCCCCCC. The minimum Gasteiger partial charge on any atom is -0.328 e. The van der Waals surface area contributed by atoms with E-state index in [1.165, 1.54) is 89.9 Å². The lowest BCUT2D eigenvalue weighted by Crippen LogP contribution is -2.19. The highest BCUT2D eigenvalue weighted by Crippen LogP contribution is 2.13. The molecule has 0 spiro atoms. The second-order valence-electron chi connectivity index (χ2n) is 6.30. The Balaban J connectivity index is 3.11. The molecule has 0 aliphatic rings. The van der Waals surface area contributed by atoms with Crippen molar-refractivity contribution in [3.8, 4) is 0 Å². The highest BCUT2D eigenvalue weighted by Gasteiger charge is 2.02. The highest BCUT2D eigenvalue weighted by molar-refractivity contribution is 4.67. The summed E-state index contributed by atoms with van der Waals surface area (Å²) in [7, 11) is 0. The van der Waals surface area contributed by atoms with Gasteiger partial charge in [-0.3, -0.25) is 0 Å². The van der Waals surface area contributed by atoms with Gasteiger partial charge in [-0.2, -0.15) is 0 Å². The quantitative estimate of drug-likeness (QED) is 0.258. The molecule has 0 heterocycles. The molecule has 0 aromatic carbocycles. The Hall–Kier alpha value is -0.300. The van der Waals surface area contributed by atoms with Crippen molar-refractivity contribution in [2.75, 3.05) is 0 Å². The van der Waals surface area contributed by atoms with Crippen LogP contribution in [0.25, 0.3) is 0 Å². The second kappa shape index (κ2) is 16.8. The fraction of sp³-hybridized carbons (Fsp3) is 0.895. The van der Waals surface area contributed by atoms with Crippen LogP contribution in [0.15, 0.2) is 12.7 Å². The van der Waals surface area contributed by atoms with Crippen molar-refractivity contribution in [2.45, 2.75) is 109 Å². The number of allylic oxidation sites excluding steroid dienone is 1. The van der Waals surface area contributed by atoms with Crippen molar-refractivity contribution in [2.24, 2.45) is 5.73 Å². The molecule has 0 aromatic heterocycles. The number of unbranched alkanes of at least 4 members (excludes halogenated alkanes) is 11. The lowest BCUT2D eigenvalue weighted by molar-refractivity contribution is 0.486. The van der Waals surface area contributed by atoms with Gasteiger partial charge in [0.15, 0.2) is 0 Å². The van der Waals surface area contributed by atoms with Gasteiger partial charge in [0.25, 0.3) is 0 Å². The van der Waals surface area contributed by atoms with E-state index in [1.54, 1.807) is 0 Å². The van der Waals surface area contributed by atoms with E-state index in [0.29, 0.717) is 6.04 Å². The zero-order valence-electron chi connectivity index (χ0n) is 14.0. The van der Waals surface area contributed by atoms with Crippen molar-refractivity contribution < 1.29 is 0 Å². The lowest BCUT2D eigenvalue weighted by atomic mass is 10.0. The number of hydrogen-bond acceptors (Lipinski definition) is 1. The fourth-order valence-electron chi connectivity index (χ4n) is 2.73. The second-order valence-corrected chi connectivity index (χ2v) is 6.30. The van der Waals surface area contributed by atoms with Gasteiger partial charge in [-0.1, -0.05) is 83.6 Å². The maximum absolute atomic E-state index is 6.16. The van der Waals surface area contributed by atoms with Crippen LogP contribution in [-0.4, -0.2) is 6.04 Å². The zero-order chi connectivity index (χ0) is 14.9. The van der Waals surface area contributed by atoms with Gasteiger partial charge in [0.1, 0.15) is 0 Å². The monoisotopic (exact) mass is 281 g/mol. The molecular weight excluding hydrogens is 242 g/mol. The van der Waals surface area contributed by atoms with Gasteiger partial charge in [0.05, 0.1) is 0 Å². The maximum atomic E-state index is 6.16. The van der Waals surface area contributed by atoms with Gasteiger partial charge in [-0.15, -0.1) is 6.58 Å². The van der Waals surface area contributed by atoms with Crippen LogP contribution in [0.1, 0.15) is 103 Å². The molecule has 0 amide bonds. The van der Waals surface area contributed by atoms with Crippen LogP contribution in [0.4, 0.5) is 0 Å². The smallest absolute Gasteiger partial charge is 0.00388 e. The van der Waals surface area contributed by atoms with Crippen molar-refractivity contribution in [1.82, 2.24) is 0 Å². The molecule has 1 nitrogen and oxygen atoms in total. The third-order valence-electron chi connectivity index (χ3n) is 4.16. The summed E-state index contributed by atoms with van der Waals surface area (Å²) in [5, 5.41) is 0. The molecule has 0 aromatic rings. The third kappa shape index (κ3) is 15.8. The molecule has 2 N–H and O–H groups in total. The Bertz CT molecular complexity index is 188. The van der Waals surface area contributed by atoms with Crippen LogP contribution in [0.3, 0.4) is 0 Å². The molecule has 0 aliphatic carbocycles. The first-order valence-electron chi connectivity index (χ1n) is 9.17.